The van der Waals surface area contributed by atoms with Gasteiger partial charge >= 0.3 is 0 Å². The van der Waals surface area contributed by atoms with Crippen LogP contribution < -0.4 is 15.4 Å². The Morgan fingerprint density at radius 3 is 2.92 bits per heavy atom. The van der Waals surface area contributed by atoms with Crippen molar-refractivity contribution in [2.45, 2.75) is 37.8 Å². The number of H-pyrrole nitrogens is 1. The van der Waals surface area contributed by atoms with Gasteiger partial charge in [0.15, 0.2) is 0 Å². The zero-order valence-corrected chi connectivity index (χ0v) is 14.9. The Kier molecular flexibility index (Phi) is 3.43. The third-order valence-corrected chi connectivity index (χ3v) is 5.42. The number of ether oxygens (including phenoxy) is 1. The molecule has 1 saturated carbocycles. The third-order valence-electron chi connectivity index (χ3n) is 5.42. The van der Waals surface area contributed by atoms with Crippen LogP contribution >= 0.6 is 0 Å². The lowest BCUT2D eigenvalue weighted by Crippen LogP contribution is -2.26. The lowest BCUT2D eigenvalue weighted by atomic mass is 10.1. The van der Waals surface area contributed by atoms with E-state index in [0.29, 0.717) is 0 Å². The first kappa shape index (κ1) is 15.6. The summed E-state index contributed by atoms with van der Waals surface area (Å²) in [5.41, 5.74) is 9.04. The molecule has 134 valence electrons. The molecule has 2 aliphatic rings. The van der Waals surface area contributed by atoms with Crippen LogP contribution in [0.25, 0.3) is 22.2 Å². The maximum absolute atomic E-state index is 6.12. The van der Waals surface area contributed by atoms with Crippen molar-refractivity contribution in [2.75, 3.05) is 18.0 Å². The van der Waals surface area contributed by atoms with Gasteiger partial charge in [-0.3, -0.25) is 5.10 Å². The van der Waals surface area contributed by atoms with E-state index in [2.05, 4.69) is 39.1 Å². The van der Waals surface area contributed by atoms with Crippen molar-refractivity contribution in [3.63, 3.8) is 0 Å². The minimum absolute atomic E-state index is 0.00985. The summed E-state index contributed by atoms with van der Waals surface area (Å²) in [6.07, 6.45) is 5.10. The zero-order valence-electron chi connectivity index (χ0n) is 14.9. The second kappa shape index (κ2) is 5.71. The van der Waals surface area contributed by atoms with Crippen LogP contribution in [0.15, 0.2) is 36.5 Å². The number of hydrogen-bond donors (Lipinski definition) is 2. The number of nitrogens with two attached hydrogens (primary N) is 1. The number of benzene rings is 1. The molecular formula is C20H23N5O. The van der Waals surface area contributed by atoms with Crippen molar-refractivity contribution in [1.29, 1.82) is 0 Å². The molecule has 2 fully saturated rings. The van der Waals surface area contributed by atoms with Crippen LogP contribution in [-0.4, -0.2) is 39.9 Å². The minimum Gasteiger partial charge on any atom is -0.488 e. The van der Waals surface area contributed by atoms with Crippen molar-refractivity contribution in [3.05, 3.63) is 36.5 Å². The van der Waals surface area contributed by atoms with Gasteiger partial charge in [0.2, 0.25) is 0 Å². The molecule has 26 heavy (non-hydrogen) atoms. The highest BCUT2D eigenvalue weighted by Crippen LogP contribution is 2.40. The van der Waals surface area contributed by atoms with E-state index in [1.165, 1.54) is 0 Å². The second-order valence-electron chi connectivity index (χ2n) is 7.73. The predicted octanol–water partition coefficient (Wildman–Crippen LogP) is 3.09. The van der Waals surface area contributed by atoms with Crippen molar-refractivity contribution in [3.8, 4) is 17.0 Å². The Hall–Kier alpha value is -2.60. The summed E-state index contributed by atoms with van der Waals surface area (Å²) in [6, 6.07) is 10.5. The molecule has 0 amide bonds. The molecule has 1 aromatic carbocycles. The van der Waals surface area contributed by atoms with Crippen LogP contribution in [0.4, 0.5) is 5.82 Å². The van der Waals surface area contributed by atoms with Crippen LogP contribution in [0.1, 0.15) is 26.2 Å². The predicted molar refractivity (Wildman–Crippen MR) is 102 cm³/mol. The fourth-order valence-electron chi connectivity index (χ4n) is 3.57. The molecule has 1 aliphatic carbocycles. The summed E-state index contributed by atoms with van der Waals surface area (Å²) < 4.78 is 6.12. The van der Waals surface area contributed by atoms with E-state index in [0.717, 1.165) is 66.1 Å². The summed E-state index contributed by atoms with van der Waals surface area (Å²) in [6.45, 7) is 3.97. The Labute approximate surface area is 152 Å². The Morgan fingerprint density at radius 2 is 2.15 bits per heavy atom. The molecular weight excluding hydrogens is 326 g/mol. The molecule has 6 heteroatoms. The van der Waals surface area contributed by atoms with Crippen LogP contribution in [0, 0.1) is 0 Å². The summed E-state index contributed by atoms with van der Waals surface area (Å²) in [5, 5.41) is 8.75. The van der Waals surface area contributed by atoms with Crippen LogP contribution in [0.3, 0.4) is 0 Å². The molecule has 3 heterocycles. The average molecular weight is 349 g/mol. The number of aromatic amines is 1. The van der Waals surface area contributed by atoms with Crippen molar-refractivity contribution < 1.29 is 4.74 Å². The molecule has 0 spiro atoms. The van der Waals surface area contributed by atoms with Gasteiger partial charge in [-0.2, -0.15) is 5.10 Å². The quantitative estimate of drug-likeness (QED) is 0.756. The number of hydrogen-bond acceptors (Lipinski definition) is 5. The molecule has 6 nitrogen and oxygen atoms in total. The topological polar surface area (TPSA) is 80.1 Å². The van der Waals surface area contributed by atoms with Crippen molar-refractivity contribution in [2.24, 2.45) is 5.73 Å². The summed E-state index contributed by atoms with van der Waals surface area (Å²) in [7, 11) is 0. The monoisotopic (exact) mass is 349 g/mol. The fourth-order valence-corrected chi connectivity index (χ4v) is 3.57. The molecule has 3 aromatic rings. The lowest BCUT2D eigenvalue weighted by molar-refractivity contribution is 0.200. The van der Waals surface area contributed by atoms with E-state index in [1.54, 1.807) is 0 Å². The number of fused-ring (bicyclic) bond motifs is 1. The molecule has 0 radical (unpaired) electrons. The number of nitrogens with zero attached hydrogens (tertiary/aromatic N) is 3. The summed E-state index contributed by atoms with van der Waals surface area (Å²) >= 11 is 0. The zero-order chi connectivity index (χ0) is 17.7. The van der Waals surface area contributed by atoms with Gasteiger partial charge in [0.25, 0.3) is 0 Å². The van der Waals surface area contributed by atoms with E-state index in [9.17, 15) is 0 Å². The molecule has 2 aromatic heterocycles. The first-order chi connectivity index (χ1) is 12.6. The van der Waals surface area contributed by atoms with E-state index in [1.807, 2.05) is 24.4 Å². The van der Waals surface area contributed by atoms with E-state index in [4.69, 9.17) is 10.5 Å². The molecule has 1 atom stereocenters. The average Bonchev–Trinajstić information content (AvgIpc) is 3.05. The van der Waals surface area contributed by atoms with Crippen LogP contribution in [-0.2, 0) is 0 Å². The van der Waals surface area contributed by atoms with Gasteiger partial charge in [-0.05, 0) is 56.5 Å². The van der Waals surface area contributed by atoms with Gasteiger partial charge in [0.05, 0.1) is 5.52 Å². The van der Waals surface area contributed by atoms with Crippen LogP contribution in [0.2, 0.25) is 0 Å². The number of rotatable bonds is 4. The standard InChI is InChI=1S/C20H23N5O/c1-20(6-7-20)26-15-2-3-17-16(11-15)19(24-23-17)13-4-8-22-18(10-13)25-9-5-14(21)12-25/h2-4,8,10-11,14H,5-7,9,12,21H2,1H3,(H,23,24)/t14-/m1/s1. The fraction of sp³-hybridized carbons (Fsp3) is 0.400. The SMILES string of the molecule is CC1(Oc2ccc3[nH]nc(-c4ccnc(N5CC[C@@H](N)C5)c4)c3c2)CC1. The third kappa shape index (κ3) is 2.80. The van der Waals surface area contributed by atoms with Gasteiger partial charge in [-0.25, -0.2) is 4.98 Å². The first-order valence-corrected chi connectivity index (χ1v) is 9.24. The van der Waals surface area contributed by atoms with Gasteiger partial charge < -0.3 is 15.4 Å². The molecule has 1 aliphatic heterocycles. The smallest absolute Gasteiger partial charge is 0.129 e. The van der Waals surface area contributed by atoms with E-state index >= 15 is 0 Å². The minimum atomic E-state index is 0.00985. The maximum Gasteiger partial charge on any atom is 0.129 e. The number of anilines is 1. The van der Waals surface area contributed by atoms with Gasteiger partial charge in [0.1, 0.15) is 22.9 Å². The number of nitrogens with one attached hydrogen (secondary N) is 1. The van der Waals surface area contributed by atoms with Gasteiger partial charge in [-0.1, -0.05) is 0 Å². The Morgan fingerprint density at radius 1 is 1.27 bits per heavy atom. The van der Waals surface area contributed by atoms with E-state index in [-0.39, 0.29) is 11.6 Å². The highest BCUT2D eigenvalue weighted by Gasteiger charge is 2.40. The molecule has 0 bridgehead atoms. The lowest BCUT2D eigenvalue weighted by Gasteiger charge is -2.17. The van der Waals surface area contributed by atoms with Crippen molar-refractivity contribution in [1.82, 2.24) is 15.2 Å². The van der Waals surface area contributed by atoms with Gasteiger partial charge in [0, 0.05) is 36.3 Å². The molecule has 3 N–H and O–H groups in total. The Bertz CT molecular complexity index is 962. The van der Waals surface area contributed by atoms with E-state index < -0.39 is 0 Å². The number of aromatic nitrogens is 3. The highest BCUT2D eigenvalue weighted by atomic mass is 16.5. The molecule has 0 unspecified atom stereocenters. The van der Waals surface area contributed by atoms with Gasteiger partial charge in [-0.15, -0.1) is 0 Å². The summed E-state index contributed by atoms with van der Waals surface area (Å²) in [5.74, 6) is 1.87. The molecule has 1 saturated heterocycles. The largest absolute Gasteiger partial charge is 0.488 e. The second-order valence-corrected chi connectivity index (χ2v) is 7.73. The Balaban J connectivity index is 1.51. The van der Waals surface area contributed by atoms with Crippen LogP contribution in [0.5, 0.6) is 5.75 Å². The van der Waals surface area contributed by atoms with Crippen molar-refractivity contribution >= 4 is 16.7 Å². The summed E-state index contributed by atoms with van der Waals surface area (Å²) in [4.78, 5) is 6.77. The highest BCUT2D eigenvalue weighted by molar-refractivity contribution is 5.94. The maximum atomic E-state index is 6.12. The first-order valence-electron chi connectivity index (χ1n) is 9.24. The normalized spacial score (nSPS) is 21.3. The number of pyridine rings is 1. The molecule has 5 rings (SSSR count).